The van der Waals surface area contributed by atoms with Crippen molar-refractivity contribution >= 4 is 5.91 Å². The SMILES string of the molecule is CC(C)C(N)CC(=O)N(Cc1ccccc1F)C1CC1. The van der Waals surface area contributed by atoms with E-state index in [1.807, 2.05) is 13.8 Å². The van der Waals surface area contributed by atoms with Crippen molar-refractivity contribution in [3.63, 3.8) is 0 Å². The van der Waals surface area contributed by atoms with Crippen molar-refractivity contribution in [2.24, 2.45) is 11.7 Å². The molecule has 1 amide bonds. The molecule has 2 N–H and O–H groups in total. The molecule has 0 aromatic heterocycles. The lowest BCUT2D eigenvalue weighted by molar-refractivity contribution is -0.133. The predicted octanol–water partition coefficient (Wildman–Crippen LogP) is 2.69. The number of nitrogens with two attached hydrogens (primary N) is 1. The normalized spacial score (nSPS) is 16.2. The first-order valence-corrected chi connectivity index (χ1v) is 7.27. The molecule has 1 atom stereocenters. The van der Waals surface area contributed by atoms with Gasteiger partial charge in [0.15, 0.2) is 0 Å². The topological polar surface area (TPSA) is 46.3 Å². The van der Waals surface area contributed by atoms with Gasteiger partial charge in [0.1, 0.15) is 5.82 Å². The standard InChI is InChI=1S/C16H23FN2O/c1-11(2)15(18)9-16(20)19(13-7-8-13)10-12-5-3-4-6-14(12)17/h3-6,11,13,15H,7-10,18H2,1-2H3. The Kier molecular flexibility index (Phi) is 4.76. The fourth-order valence-electron chi connectivity index (χ4n) is 2.17. The van der Waals surface area contributed by atoms with Crippen molar-refractivity contribution in [1.82, 2.24) is 4.90 Å². The van der Waals surface area contributed by atoms with Crippen molar-refractivity contribution in [3.05, 3.63) is 35.6 Å². The van der Waals surface area contributed by atoms with E-state index in [9.17, 15) is 9.18 Å². The van der Waals surface area contributed by atoms with E-state index in [4.69, 9.17) is 5.73 Å². The van der Waals surface area contributed by atoms with Gasteiger partial charge in [0, 0.05) is 30.6 Å². The Balaban J connectivity index is 2.04. The smallest absolute Gasteiger partial charge is 0.224 e. The van der Waals surface area contributed by atoms with Crippen molar-refractivity contribution in [1.29, 1.82) is 0 Å². The molecule has 1 aromatic carbocycles. The van der Waals surface area contributed by atoms with E-state index in [1.165, 1.54) is 6.07 Å². The van der Waals surface area contributed by atoms with Crippen LogP contribution in [-0.2, 0) is 11.3 Å². The highest BCUT2D eigenvalue weighted by Crippen LogP contribution is 2.29. The summed E-state index contributed by atoms with van der Waals surface area (Å²) in [6, 6.07) is 6.77. The van der Waals surface area contributed by atoms with Gasteiger partial charge in [0.2, 0.25) is 5.91 Å². The molecule has 0 heterocycles. The van der Waals surface area contributed by atoms with Gasteiger partial charge in [-0.05, 0) is 24.8 Å². The molecule has 20 heavy (non-hydrogen) atoms. The van der Waals surface area contributed by atoms with Gasteiger partial charge >= 0.3 is 0 Å². The second-order valence-corrected chi connectivity index (χ2v) is 5.96. The van der Waals surface area contributed by atoms with Crippen molar-refractivity contribution in [2.75, 3.05) is 0 Å². The number of halogens is 1. The minimum absolute atomic E-state index is 0.0388. The Morgan fingerprint density at radius 2 is 2.05 bits per heavy atom. The van der Waals surface area contributed by atoms with Crippen LogP contribution >= 0.6 is 0 Å². The minimum atomic E-state index is -0.251. The van der Waals surface area contributed by atoms with Gasteiger partial charge in [0.05, 0.1) is 0 Å². The highest BCUT2D eigenvalue weighted by molar-refractivity contribution is 5.77. The van der Waals surface area contributed by atoms with Gasteiger partial charge in [-0.1, -0.05) is 32.0 Å². The second kappa shape index (κ2) is 6.35. The van der Waals surface area contributed by atoms with Crippen molar-refractivity contribution in [2.45, 2.75) is 51.7 Å². The quantitative estimate of drug-likeness (QED) is 0.869. The average molecular weight is 278 g/mol. The first kappa shape index (κ1) is 15.0. The Morgan fingerprint density at radius 3 is 2.60 bits per heavy atom. The van der Waals surface area contributed by atoms with Crippen LogP contribution in [0.4, 0.5) is 4.39 Å². The Morgan fingerprint density at radius 1 is 1.40 bits per heavy atom. The molecule has 1 aromatic rings. The maximum absolute atomic E-state index is 13.7. The summed E-state index contributed by atoms with van der Waals surface area (Å²) in [4.78, 5) is 14.2. The summed E-state index contributed by atoms with van der Waals surface area (Å²) in [5.74, 6) is 0.0597. The number of rotatable bonds is 6. The number of carbonyl (C=O) groups excluding carboxylic acids is 1. The zero-order valence-corrected chi connectivity index (χ0v) is 12.2. The molecular weight excluding hydrogens is 255 g/mol. The molecule has 1 saturated carbocycles. The van der Waals surface area contributed by atoms with Crippen molar-refractivity contribution < 1.29 is 9.18 Å². The molecule has 1 fully saturated rings. The number of carbonyl (C=O) groups is 1. The van der Waals surface area contributed by atoms with E-state index in [1.54, 1.807) is 23.1 Å². The summed E-state index contributed by atoms with van der Waals surface area (Å²) in [6.07, 6.45) is 2.36. The number of hydrogen-bond acceptors (Lipinski definition) is 2. The highest BCUT2D eigenvalue weighted by Gasteiger charge is 2.33. The molecule has 1 aliphatic carbocycles. The van der Waals surface area contributed by atoms with Gasteiger partial charge in [-0.25, -0.2) is 4.39 Å². The lowest BCUT2D eigenvalue weighted by Crippen LogP contribution is -2.39. The third-order valence-electron chi connectivity index (χ3n) is 3.87. The first-order valence-electron chi connectivity index (χ1n) is 7.27. The summed E-state index contributed by atoms with van der Waals surface area (Å²) in [5, 5.41) is 0. The third-order valence-corrected chi connectivity index (χ3v) is 3.87. The molecule has 4 heteroatoms. The van der Waals surface area contributed by atoms with Gasteiger partial charge in [-0.15, -0.1) is 0 Å². The molecule has 3 nitrogen and oxygen atoms in total. The average Bonchev–Trinajstić information content (AvgIpc) is 3.21. The highest BCUT2D eigenvalue weighted by atomic mass is 19.1. The summed E-state index contributed by atoms with van der Waals surface area (Å²) >= 11 is 0. The Bertz CT molecular complexity index is 471. The van der Waals surface area contributed by atoms with Crippen LogP contribution in [0, 0.1) is 11.7 Å². The summed E-state index contributed by atoms with van der Waals surface area (Å²) in [5.41, 5.74) is 6.55. The van der Waals surface area contributed by atoms with Crippen LogP contribution in [0.15, 0.2) is 24.3 Å². The van der Waals surface area contributed by atoms with E-state index >= 15 is 0 Å². The predicted molar refractivity (Wildman–Crippen MR) is 77.4 cm³/mol. The van der Waals surface area contributed by atoms with Crippen LogP contribution in [-0.4, -0.2) is 22.9 Å². The summed E-state index contributed by atoms with van der Waals surface area (Å²) in [6.45, 7) is 4.37. The monoisotopic (exact) mass is 278 g/mol. The van der Waals surface area contributed by atoms with Crippen LogP contribution in [0.5, 0.6) is 0 Å². The van der Waals surface area contributed by atoms with E-state index in [2.05, 4.69) is 0 Å². The lowest BCUT2D eigenvalue weighted by atomic mass is 10.0. The molecule has 0 saturated heterocycles. The van der Waals surface area contributed by atoms with Crippen LogP contribution < -0.4 is 5.73 Å². The maximum Gasteiger partial charge on any atom is 0.224 e. The Labute approximate surface area is 120 Å². The van der Waals surface area contributed by atoms with E-state index < -0.39 is 0 Å². The van der Waals surface area contributed by atoms with Gasteiger partial charge in [-0.2, -0.15) is 0 Å². The number of hydrogen-bond donors (Lipinski definition) is 1. The molecule has 2 rings (SSSR count). The molecule has 0 spiro atoms. The van der Waals surface area contributed by atoms with Crippen LogP contribution in [0.25, 0.3) is 0 Å². The largest absolute Gasteiger partial charge is 0.335 e. The number of nitrogens with zero attached hydrogens (tertiary/aromatic N) is 1. The van der Waals surface area contributed by atoms with Gasteiger partial charge in [-0.3, -0.25) is 4.79 Å². The molecule has 0 bridgehead atoms. The first-order chi connectivity index (χ1) is 9.49. The summed E-state index contributed by atoms with van der Waals surface area (Å²) in [7, 11) is 0. The van der Waals surface area contributed by atoms with E-state index in [-0.39, 0.29) is 29.7 Å². The van der Waals surface area contributed by atoms with Crippen LogP contribution in [0.1, 0.15) is 38.7 Å². The van der Waals surface area contributed by atoms with E-state index in [0.717, 1.165) is 12.8 Å². The number of benzene rings is 1. The lowest BCUT2D eigenvalue weighted by Gasteiger charge is -2.25. The molecule has 0 aliphatic heterocycles. The zero-order chi connectivity index (χ0) is 14.7. The van der Waals surface area contributed by atoms with Gasteiger partial charge in [0.25, 0.3) is 0 Å². The van der Waals surface area contributed by atoms with Crippen LogP contribution in [0.3, 0.4) is 0 Å². The molecule has 0 radical (unpaired) electrons. The molecular formula is C16H23FN2O. The Hall–Kier alpha value is -1.42. The van der Waals surface area contributed by atoms with E-state index in [0.29, 0.717) is 18.5 Å². The minimum Gasteiger partial charge on any atom is -0.335 e. The molecule has 110 valence electrons. The number of amides is 1. The fourth-order valence-corrected chi connectivity index (χ4v) is 2.17. The molecule has 1 unspecified atom stereocenters. The fraction of sp³-hybridized carbons (Fsp3) is 0.562. The zero-order valence-electron chi connectivity index (χ0n) is 12.2. The maximum atomic E-state index is 13.7. The third kappa shape index (κ3) is 3.79. The second-order valence-electron chi connectivity index (χ2n) is 5.96. The molecule has 1 aliphatic rings. The van der Waals surface area contributed by atoms with Gasteiger partial charge < -0.3 is 10.6 Å². The summed E-state index contributed by atoms with van der Waals surface area (Å²) < 4.78 is 13.7. The van der Waals surface area contributed by atoms with Crippen molar-refractivity contribution in [3.8, 4) is 0 Å². The van der Waals surface area contributed by atoms with Crippen LogP contribution in [0.2, 0.25) is 0 Å².